The van der Waals surface area contributed by atoms with Crippen LogP contribution >= 0.6 is 0 Å². The van der Waals surface area contributed by atoms with Gasteiger partial charge in [0, 0.05) is 24.8 Å². The molecule has 0 radical (unpaired) electrons. The van der Waals surface area contributed by atoms with E-state index in [2.05, 4.69) is 20.4 Å². The zero-order valence-corrected chi connectivity index (χ0v) is 16.5. The van der Waals surface area contributed by atoms with Crippen molar-refractivity contribution in [2.75, 3.05) is 13.1 Å². The topological polar surface area (TPSA) is 81.7 Å². The maximum absolute atomic E-state index is 13.2. The smallest absolute Gasteiger partial charge is 0.331 e. The van der Waals surface area contributed by atoms with Crippen LogP contribution in [-0.4, -0.2) is 53.7 Å². The third kappa shape index (κ3) is 3.61. The summed E-state index contributed by atoms with van der Waals surface area (Å²) in [5.41, 5.74) is -0.0225. The highest BCUT2D eigenvalue weighted by molar-refractivity contribution is 5.91. The number of hydrogen-bond acceptors (Lipinski definition) is 5. The van der Waals surface area contributed by atoms with E-state index >= 15 is 0 Å². The number of likely N-dealkylation sites (tertiary alicyclic amines) is 1. The molecular weight excluding hydrogens is 423 g/mol. The molecule has 162 valence electrons. The van der Waals surface area contributed by atoms with Crippen molar-refractivity contribution in [3.63, 3.8) is 0 Å². The maximum Gasteiger partial charge on any atom is 0.416 e. The van der Waals surface area contributed by atoms with Gasteiger partial charge in [-0.25, -0.2) is 14.3 Å². The van der Waals surface area contributed by atoms with Crippen LogP contribution in [0.15, 0.2) is 67.0 Å². The number of amides is 1. The highest BCUT2D eigenvalue weighted by Gasteiger charge is 2.35. The molecule has 0 saturated carbocycles. The molecular formula is C21H16F3N7O. The van der Waals surface area contributed by atoms with Gasteiger partial charge in [0.2, 0.25) is 5.82 Å². The Morgan fingerprint density at radius 3 is 2.50 bits per heavy atom. The van der Waals surface area contributed by atoms with Crippen molar-refractivity contribution < 1.29 is 18.0 Å². The second-order valence-corrected chi connectivity index (χ2v) is 7.33. The van der Waals surface area contributed by atoms with Crippen LogP contribution in [0, 0.1) is 0 Å². The van der Waals surface area contributed by atoms with Gasteiger partial charge in [0.1, 0.15) is 0 Å². The standard InChI is InChI=1S/C21H16F3N7O/c22-21(23,24)15-7-4-8-16(11-15)31-19(14-5-2-1-3-6-14)26-18(27-31)20(32)29-12-17(13-29)30-10-9-25-28-30/h1-11,17H,12-13H2. The van der Waals surface area contributed by atoms with E-state index in [9.17, 15) is 18.0 Å². The van der Waals surface area contributed by atoms with E-state index in [4.69, 9.17) is 0 Å². The second kappa shape index (κ2) is 7.59. The lowest BCUT2D eigenvalue weighted by molar-refractivity contribution is -0.137. The number of alkyl halides is 3. The van der Waals surface area contributed by atoms with E-state index in [0.717, 1.165) is 12.1 Å². The molecule has 0 atom stereocenters. The molecule has 4 aromatic rings. The molecule has 1 saturated heterocycles. The number of nitrogens with zero attached hydrogens (tertiary/aromatic N) is 7. The minimum atomic E-state index is -4.50. The van der Waals surface area contributed by atoms with E-state index in [0.29, 0.717) is 18.7 Å². The number of rotatable bonds is 4. The largest absolute Gasteiger partial charge is 0.416 e. The summed E-state index contributed by atoms with van der Waals surface area (Å²) in [5, 5.41) is 12.0. The fourth-order valence-electron chi connectivity index (χ4n) is 3.51. The second-order valence-electron chi connectivity index (χ2n) is 7.33. The molecule has 1 fully saturated rings. The van der Waals surface area contributed by atoms with E-state index in [1.54, 1.807) is 46.2 Å². The summed E-state index contributed by atoms with van der Waals surface area (Å²) in [7, 11) is 0. The van der Waals surface area contributed by atoms with Crippen molar-refractivity contribution in [2.45, 2.75) is 12.2 Å². The number of halogens is 3. The summed E-state index contributed by atoms with van der Waals surface area (Å²) in [5.74, 6) is -0.204. The summed E-state index contributed by atoms with van der Waals surface area (Å²) < 4.78 is 42.7. The monoisotopic (exact) mass is 439 g/mol. The zero-order chi connectivity index (χ0) is 22.3. The summed E-state index contributed by atoms with van der Waals surface area (Å²) in [6.45, 7) is 0.835. The molecule has 0 aliphatic carbocycles. The molecule has 32 heavy (non-hydrogen) atoms. The number of hydrogen-bond donors (Lipinski definition) is 0. The lowest BCUT2D eigenvalue weighted by Gasteiger charge is -2.38. The molecule has 8 nitrogen and oxygen atoms in total. The number of aromatic nitrogens is 6. The molecule has 2 aromatic heterocycles. The van der Waals surface area contributed by atoms with Crippen molar-refractivity contribution in [3.05, 3.63) is 78.4 Å². The van der Waals surface area contributed by atoms with Crippen LogP contribution < -0.4 is 0 Å². The van der Waals surface area contributed by atoms with E-state index in [1.165, 1.54) is 16.8 Å². The Labute approximate surface area is 179 Å². The van der Waals surface area contributed by atoms with Gasteiger partial charge in [-0.05, 0) is 18.2 Å². The van der Waals surface area contributed by atoms with E-state index in [1.807, 2.05) is 6.07 Å². The molecule has 1 aliphatic heterocycles. The Kier molecular flexibility index (Phi) is 4.72. The van der Waals surface area contributed by atoms with Gasteiger partial charge in [-0.15, -0.1) is 10.2 Å². The Morgan fingerprint density at radius 1 is 1.03 bits per heavy atom. The molecule has 3 heterocycles. The third-order valence-electron chi connectivity index (χ3n) is 5.21. The molecule has 1 amide bonds. The summed E-state index contributed by atoms with van der Waals surface area (Å²) in [6, 6.07) is 13.7. The Hall–Kier alpha value is -4.02. The Bertz CT molecular complexity index is 1250. The van der Waals surface area contributed by atoms with Gasteiger partial charge >= 0.3 is 6.18 Å². The molecule has 5 rings (SSSR count). The number of carbonyl (C=O) groups is 1. The number of carbonyl (C=O) groups excluding carboxylic acids is 1. The predicted octanol–water partition coefficient (Wildman–Crippen LogP) is 3.24. The van der Waals surface area contributed by atoms with Gasteiger partial charge in [-0.2, -0.15) is 13.2 Å². The molecule has 0 N–H and O–H groups in total. The summed E-state index contributed by atoms with van der Waals surface area (Å²) in [6.07, 6.45) is -1.22. The van der Waals surface area contributed by atoms with Gasteiger partial charge in [0.05, 0.1) is 23.5 Å². The predicted molar refractivity (Wildman–Crippen MR) is 107 cm³/mol. The van der Waals surface area contributed by atoms with Crippen LogP contribution in [0.4, 0.5) is 13.2 Å². The summed E-state index contributed by atoms with van der Waals surface area (Å²) >= 11 is 0. The average Bonchev–Trinajstić information content (AvgIpc) is 3.43. The fourth-order valence-corrected chi connectivity index (χ4v) is 3.51. The number of benzene rings is 2. The quantitative estimate of drug-likeness (QED) is 0.488. The minimum Gasteiger partial charge on any atom is -0.331 e. The molecule has 0 unspecified atom stereocenters. The molecule has 1 aliphatic rings. The lowest BCUT2D eigenvalue weighted by Crippen LogP contribution is -2.51. The van der Waals surface area contributed by atoms with E-state index < -0.39 is 17.6 Å². The third-order valence-corrected chi connectivity index (χ3v) is 5.21. The molecule has 0 spiro atoms. The van der Waals surface area contributed by atoms with Gasteiger partial charge in [-0.3, -0.25) is 4.79 Å². The Balaban J connectivity index is 1.49. The van der Waals surface area contributed by atoms with Crippen LogP contribution in [0.1, 0.15) is 22.2 Å². The summed E-state index contributed by atoms with van der Waals surface area (Å²) in [4.78, 5) is 18.9. The van der Waals surface area contributed by atoms with Gasteiger partial charge in [-0.1, -0.05) is 41.6 Å². The van der Waals surface area contributed by atoms with Crippen LogP contribution in [0.2, 0.25) is 0 Å². The van der Waals surface area contributed by atoms with Gasteiger partial charge < -0.3 is 4.90 Å². The normalized spacial score (nSPS) is 14.4. The highest BCUT2D eigenvalue weighted by Crippen LogP contribution is 2.31. The average molecular weight is 439 g/mol. The molecule has 0 bridgehead atoms. The molecule has 2 aromatic carbocycles. The minimum absolute atomic E-state index is 0.0144. The Morgan fingerprint density at radius 2 is 1.81 bits per heavy atom. The fraction of sp³-hybridized carbons (Fsp3) is 0.190. The van der Waals surface area contributed by atoms with Gasteiger partial charge in [0.25, 0.3) is 5.91 Å². The van der Waals surface area contributed by atoms with Crippen LogP contribution in [0.3, 0.4) is 0 Å². The van der Waals surface area contributed by atoms with Crippen molar-refractivity contribution in [1.82, 2.24) is 34.7 Å². The van der Waals surface area contributed by atoms with Crippen LogP contribution in [0.25, 0.3) is 17.1 Å². The van der Waals surface area contributed by atoms with Crippen molar-refractivity contribution in [1.29, 1.82) is 0 Å². The van der Waals surface area contributed by atoms with Crippen molar-refractivity contribution >= 4 is 5.91 Å². The first-order chi connectivity index (χ1) is 15.4. The molecule has 11 heteroatoms. The zero-order valence-electron chi connectivity index (χ0n) is 16.5. The first-order valence-electron chi connectivity index (χ1n) is 9.75. The lowest BCUT2D eigenvalue weighted by atomic mass is 10.1. The van der Waals surface area contributed by atoms with E-state index in [-0.39, 0.29) is 23.4 Å². The first kappa shape index (κ1) is 19.9. The van der Waals surface area contributed by atoms with Gasteiger partial charge in [0.15, 0.2) is 5.82 Å². The highest BCUT2D eigenvalue weighted by atomic mass is 19.4. The van der Waals surface area contributed by atoms with Crippen LogP contribution in [0.5, 0.6) is 0 Å². The first-order valence-corrected chi connectivity index (χ1v) is 9.75. The van der Waals surface area contributed by atoms with Crippen LogP contribution in [-0.2, 0) is 6.18 Å². The SMILES string of the molecule is O=C(c1nc(-c2ccccc2)n(-c2cccc(C(F)(F)F)c2)n1)N1CC(n2ccnn2)C1. The maximum atomic E-state index is 13.2. The van der Waals surface area contributed by atoms with Crippen molar-refractivity contribution in [3.8, 4) is 17.1 Å². The van der Waals surface area contributed by atoms with Crippen molar-refractivity contribution in [2.24, 2.45) is 0 Å².